The maximum absolute atomic E-state index is 11.9. The van der Waals surface area contributed by atoms with Crippen LogP contribution in [-0.4, -0.2) is 51.7 Å². The van der Waals surface area contributed by atoms with Crippen molar-refractivity contribution >= 4 is 39.7 Å². The first-order valence-corrected chi connectivity index (χ1v) is 23.3. The molecule has 2 atom stereocenters. The van der Waals surface area contributed by atoms with Crippen LogP contribution in [0.5, 0.6) is 34.5 Å². The fraction of sp³-hybridized carbons (Fsp3) is 0.164. The van der Waals surface area contributed by atoms with Crippen molar-refractivity contribution in [1.82, 2.24) is 0 Å². The molecule has 2 heterocycles. The zero-order valence-electron chi connectivity index (χ0n) is 39.2. The van der Waals surface area contributed by atoms with Crippen LogP contribution in [0, 0.1) is 0 Å². The predicted octanol–water partition coefficient (Wildman–Crippen LogP) is 12.7. The Bertz CT molecular complexity index is 3150. The number of hydrogen-bond donors (Lipinski definition) is 1. The van der Waals surface area contributed by atoms with Crippen molar-refractivity contribution in [2.75, 3.05) is 40.6 Å². The van der Waals surface area contributed by atoms with Crippen LogP contribution in [0.1, 0.15) is 46.2 Å². The van der Waals surface area contributed by atoms with Crippen molar-refractivity contribution in [2.24, 2.45) is 0 Å². The highest BCUT2D eigenvalue weighted by Crippen LogP contribution is 2.50. The minimum Gasteiger partial charge on any atom is -0.497 e. The lowest BCUT2D eigenvalue weighted by molar-refractivity contribution is -0.144. The van der Waals surface area contributed by atoms with Crippen molar-refractivity contribution < 1.29 is 43.1 Å². The molecule has 0 spiro atoms. The Balaban J connectivity index is 0.000000176. The van der Waals surface area contributed by atoms with Crippen LogP contribution in [0.25, 0.3) is 33.7 Å². The summed E-state index contributed by atoms with van der Waals surface area (Å²) in [5.41, 5.74) is 4.14. The van der Waals surface area contributed by atoms with E-state index in [2.05, 4.69) is 73.3 Å². The normalized spacial score (nSPS) is 16.3. The molecule has 352 valence electrons. The summed E-state index contributed by atoms with van der Waals surface area (Å²) in [6.07, 6.45) is 11.0. The van der Waals surface area contributed by atoms with Crippen molar-refractivity contribution in [3.8, 4) is 34.5 Å². The van der Waals surface area contributed by atoms with Gasteiger partial charge in [0.2, 0.25) is 0 Å². The third-order valence-corrected chi connectivity index (χ3v) is 12.5. The predicted molar refractivity (Wildman–Crippen MR) is 276 cm³/mol. The second-order valence-electron chi connectivity index (χ2n) is 16.7. The number of esters is 1. The molecule has 8 aromatic rings. The van der Waals surface area contributed by atoms with Gasteiger partial charge in [0, 0.05) is 39.8 Å². The first-order valence-electron chi connectivity index (χ1n) is 23.3. The molecule has 0 saturated carbocycles. The molecule has 0 bridgehead atoms. The van der Waals surface area contributed by atoms with Gasteiger partial charge in [-0.2, -0.15) is 0 Å². The summed E-state index contributed by atoms with van der Waals surface area (Å²) < 4.78 is 42.0. The molecule has 1 N–H and O–H groups in total. The molecule has 0 saturated heterocycles. The van der Waals surface area contributed by atoms with Crippen LogP contribution in [0.15, 0.2) is 195 Å². The second-order valence-corrected chi connectivity index (χ2v) is 16.7. The van der Waals surface area contributed by atoms with Gasteiger partial charge in [0.25, 0.3) is 0 Å². The Morgan fingerprint density at radius 1 is 0.557 bits per heavy atom. The second kappa shape index (κ2) is 21.4. The Kier molecular flexibility index (Phi) is 14.3. The molecule has 2 aliphatic heterocycles. The van der Waals surface area contributed by atoms with Crippen LogP contribution in [-0.2, 0) is 20.7 Å². The van der Waals surface area contributed by atoms with Gasteiger partial charge in [-0.1, -0.05) is 140 Å². The van der Waals surface area contributed by atoms with Crippen LogP contribution >= 0.6 is 0 Å². The van der Waals surface area contributed by atoms with Crippen molar-refractivity contribution in [3.63, 3.8) is 0 Å². The number of benzene rings is 8. The maximum atomic E-state index is 11.9. The van der Waals surface area contributed by atoms with E-state index in [1.54, 1.807) is 20.3 Å². The number of carbonyl (C=O) groups excluding carboxylic acids is 1. The van der Waals surface area contributed by atoms with Gasteiger partial charge in [-0.25, -0.2) is 0 Å². The molecule has 0 fully saturated rings. The molecule has 70 heavy (non-hydrogen) atoms. The van der Waals surface area contributed by atoms with Gasteiger partial charge in [0.05, 0.1) is 20.8 Å². The highest BCUT2D eigenvalue weighted by Gasteiger charge is 2.40. The fourth-order valence-corrected chi connectivity index (χ4v) is 8.96. The summed E-state index contributed by atoms with van der Waals surface area (Å²) in [6.45, 7) is 4.12. The van der Waals surface area contributed by atoms with Crippen LogP contribution < -0.4 is 28.4 Å². The zero-order valence-corrected chi connectivity index (χ0v) is 39.2. The van der Waals surface area contributed by atoms with E-state index in [0.29, 0.717) is 35.8 Å². The number of carbonyl (C=O) groups is 1. The van der Waals surface area contributed by atoms with Crippen molar-refractivity contribution in [2.45, 2.75) is 24.0 Å². The average Bonchev–Trinajstić information content (AvgIpc) is 3.43. The summed E-state index contributed by atoms with van der Waals surface area (Å²) in [5, 5.41) is 13.6. The van der Waals surface area contributed by atoms with E-state index in [1.807, 2.05) is 127 Å². The molecular weight excluding hydrogens is 877 g/mol. The zero-order chi connectivity index (χ0) is 48.3. The molecule has 0 aliphatic carbocycles. The number of allylic oxidation sites excluding steroid dienone is 1. The number of hydrogen-bond acceptors (Lipinski definition) is 9. The van der Waals surface area contributed by atoms with Crippen molar-refractivity contribution in [1.29, 1.82) is 0 Å². The number of aliphatic hydroxyl groups excluding tert-OH is 1. The smallest absolute Gasteiger partial charge is 0.306 e. The lowest BCUT2D eigenvalue weighted by atomic mass is 9.83. The first kappa shape index (κ1) is 46.8. The lowest BCUT2D eigenvalue weighted by Gasteiger charge is -2.37. The molecule has 10 rings (SSSR count). The lowest BCUT2D eigenvalue weighted by Crippen LogP contribution is -2.34. The van der Waals surface area contributed by atoms with Crippen LogP contribution in [0.4, 0.5) is 0 Å². The maximum Gasteiger partial charge on any atom is 0.306 e. The van der Waals surface area contributed by atoms with E-state index >= 15 is 0 Å². The van der Waals surface area contributed by atoms with Gasteiger partial charge in [-0.05, 0) is 88.7 Å². The van der Waals surface area contributed by atoms with E-state index in [4.69, 9.17) is 33.2 Å². The Morgan fingerprint density at radius 3 is 1.43 bits per heavy atom. The number of methoxy groups -OCH3 is 2. The number of aliphatic hydroxyl groups is 1. The van der Waals surface area contributed by atoms with Gasteiger partial charge in [-0.15, -0.1) is 6.58 Å². The number of fused-ring (bicyclic) bond motifs is 6. The molecular formula is C61H54O9. The van der Waals surface area contributed by atoms with E-state index in [0.717, 1.165) is 66.4 Å². The average molecular weight is 931 g/mol. The summed E-state index contributed by atoms with van der Waals surface area (Å²) in [4.78, 5) is 11.9. The van der Waals surface area contributed by atoms with Crippen LogP contribution in [0.2, 0.25) is 0 Å². The fourth-order valence-electron chi connectivity index (χ4n) is 8.96. The number of ether oxygens (including phenoxy) is 7. The highest BCUT2D eigenvalue weighted by molar-refractivity contribution is 5.97. The standard InChI is InChI=1S/C33H30O5.C28H24O4/c1-3-4-14-31(34)37-22-21-36-30-23-24-10-8-9-13-28(24)29-19-20-33(38-32(29)30,25-11-6-5-7-12-25)26-15-17-27(35-2)18-16-26;1-30-23-13-11-22(12-14-23)28(21-8-3-2-4-9-21)16-15-25-24-10-6-5-7-20(24)19-26(27(25)32-28)31-18-17-29/h3,5-13,15-20,23H,1,4,14,21-22H2,2H3;2-16,19,29H,17-18H2,1H3. The summed E-state index contributed by atoms with van der Waals surface area (Å²) >= 11 is 0. The van der Waals surface area contributed by atoms with Crippen LogP contribution in [0.3, 0.4) is 0 Å². The minimum atomic E-state index is -0.877. The van der Waals surface area contributed by atoms with Gasteiger partial charge in [-0.3, -0.25) is 4.79 Å². The van der Waals surface area contributed by atoms with Crippen molar-refractivity contribution in [3.05, 3.63) is 228 Å². The highest BCUT2D eigenvalue weighted by atomic mass is 16.6. The molecule has 9 nitrogen and oxygen atoms in total. The van der Waals surface area contributed by atoms with E-state index in [9.17, 15) is 9.90 Å². The van der Waals surface area contributed by atoms with Gasteiger partial charge in [0.1, 0.15) is 31.3 Å². The molecule has 0 amide bonds. The molecule has 9 heteroatoms. The molecule has 0 aromatic heterocycles. The van der Waals surface area contributed by atoms with E-state index in [1.165, 1.54) is 0 Å². The first-order chi connectivity index (χ1) is 34.4. The summed E-state index contributed by atoms with van der Waals surface area (Å²) in [6, 6.07) is 56.4. The summed E-state index contributed by atoms with van der Waals surface area (Å²) in [7, 11) is 3.31. The van der Waals surface area contributed by atoms with E-state index in [-0.39, 0.29) is 32.4 Å². The monoisotopic (exact) mass is 930 g/mol. The molecule has 2 aliphatic rings. The van der Waals surface area contributed by atoms with Gasteiger partial charge >= 0.3 is 5.97 Å². The van der Waals surface area contributed by atoms with E-state index < -0.39 is 11.2 Å². The molecule has 0 radical (unpaired) electrons. The largest absolute Gasteiger partial charge is 0.497 e. The quantitative estimate of drug-likeness (QED) is 0.0576. The topological polar surface area (TPSA) is 102 Å². The SMILES string of the molecule is C=CCCC(=O)OCCOc1cc2ccccc2c2c1OC(c1ccccc1)(c1ccc(OC)cc1)C=C2.COc1ccc(C2(c3ccccc3)C=Cc3c(c(OCCO)cc4ccccc34)O2)cc1. The Labute approximate surface area is 408 Å². The third-order valence-electron chi connectivity index (χ3n) is 12.5. The van der Waals surface area contributed by atoms with Gasteiger partial charge in [0.15, 0.2) is 34.2 Å². The third kappa shape index (κ3) is 9.57. The Morgan fingerprint density at radius 2 is 0.986 bits per heavy atom. The number of rotatable bonds is 16. The minimum absolute atomic E-state index is 0.0697. The summed E-state index contributed by atoms with van der Waals surface area (Å²) in [5.74, 6) is 3.81. The molecule has 8 aromatic carbocycles. The molecule has 2 unspecified atom stereocenters. The Hall–Kier alpha value is -8.27. The van der Waals surface area contributed by atoms with Gasteiger partial charge < -0.3 is 38.3 Å².